The first-order valence-corrected chi connectivity index (χ1v) is 10.3. The van der Waals surface area contributed by atoms with Crippen LogP contribution < -0.4 is 10.5 Å². The number of ether oxygens (including phenoxy) is 1. The maximum absolute atomic E-state index is 13.4. The van der Waals surface area contributed by atoms with Gasteiger partial charge in [0, 0.05) is 11.1 Å². The summed E-state index contributed by atoms with van der Waals surface area (Å²) in [7, 11) is 0. The molecule has 0 aliphatic rings. The van der Waals surface area contributed by atoms with E-state index in [-0.39, 0.29) is 5.78 Å². The zero-order chi connectivity index (χ0) is 21.8. The number of para-hydroxylation sites is 2. The van der Waals surface area contributed by atoms with Gasteiger partial charge in [0.25, 0.3) is 0 Å². The fourth-order valence-electron chi connectivity index (χ4n) is 3.89. The molecule has 0 radical (unpaired) electrons. The van der Waals surface area contributed by atoms with Crippen LogP contribution in [0.2, 0.25) is 0 Å². The number of ketones is 1. The molecule has 0 aliphatic heterocycles. The predicted octanol–water partition coefficient (Wildman–Crippen LogP) is 6.24. The molecule has 0 spiro atoms. The van der Waals surface area contributed by atoms with Crippen molar-refractivity contribution in [2.75, 3.05) is 0 Å². The average molecular weight is 408 g/mol. The van der Waals surface area contributed by atoms with Crippen molar-refractivity contribution in [3.8, 4) is 11.5 Å². The third kappa shape index (κ3) is 4.14. The third-order valence-corrected chi connectivity index (χ3v) is 5.52. The number of hydrogen-bond acceptors (Lipinski definition) is 3. The summed E-state index contributed by atoms with van der Waals surface area (Å²) in [4.78, 5) is 13.4. The molecule has 0 aromatic heterocycles. The molecule has 3 heteroatoms. The van der Waals surface area contributed by atoms with Gasteiger partial charge in [-0.15, -0.1) is 0 Å². The predicted molar refractivity (Wildman–Crippen MR) is 125 cm³/mol. The number of rotatable bonds is 6. The van der Waals surface area contributed by atoms with Crippen LogP contribution in [0.3, 0.4) is 0 Å². The van der Waals surface area contributed by atoms with Gasteiger partial charge in [-0.25, -0.2) is 0 Å². The minimum Gasteiger partial charge on any atom is -0.456 e. The van der Waals surface area contributed by atoms with Gasteiger partial charge in [-0.3, -0.25) is 4.79 Å². The molecule has 4 aromatic rings. The summed E-state index contributed by atoms with van der Waals surface area (Å²) in [6.45, 7) is 4.00. The van der Waals surface area contributed by atoms with Crippen LogP contribution in [0.1, 0.15) is 39.5 Å². The molecular weight excluding hydrogens is 382 g/mol. The van der Waals surface area contributed by atoms with Gasteiger partial charge in [-0.2, -0.15) is 0 Å². The highest BCUT2D eigenvalue weighted by molar-refractivity contribution is 6.11. The molecule has 0 saturated heterocycles. The van der Waals surface area contributed by atoms with E-state index < -0.39 is 5.54 Å². The highest BCUT2D eigenvalue weighted by Crippen LogP contribution is 2.39. The van der Waals surface area contributed by atoms with Crippen LogP contribution in [0.25, 0.3) is 0 Å². The topological polar surface area (TPSA) is 52.3 Å². The standard InChI is InChI=1S/C28H25NO2/c1-20-12-9-10-18-24(20)28(2,29)25-19-11-17-23(26(30)21-13-5-3-6-14-21)27(25)31-22-15-7-4-8-16-22/h3-19H,29H2,1-2H3. The van der Waals surface area contributed by atoms with Gasteiger partial charge in [0.05, 0.1) is 11.1 Å². The van der Waals surface area contributed by atoms with Crippen LogP contribution in [0.5, 0.6) is 11.5 Å². The molecule has 154 valence electrons. The molecule has 0 amide bonds. The summed E-state index contributed by atoms with van der Waals surface area (Å²) in [5, 5.41) is 0. The van der Waals surface area contributed by atoms with E-state index >= 15 is 0 Å². The Hall–Kier alpha value is -3.69. The summed E-state index contributed by atoms with van der Waals surface area (Å²) in [5.74, 6) is 1.03. The first-order chi connectivity index (χ1) is 15.0. The molecule has 3 nitrogen and oxygen atoms in total. The first kappa shape index (κ1) is 20.6. The van der Waals surface area contributed by atoms with Crippen molar-refractivity contribution in [1.29, 1.82) is 0 Å². The number of benzene rings is 4. The van der Waals surface area contributed by atoms with Gasteiger partial charge in [-0.05, 0) is 43.2 Å². The molecule has 1 unspecified atom stereocenters. The summed E-state index contributed by atoms with van der Waals surface area (Å²) in [6, 6.07) is 32.3. The molecular formula is C28H25NO2. The normalized spacial score (nSPS) is 12.7. The second kappa shape index (κ2) is 8.58. The number of nitrogens with two attached hydrogens (primary N) is 1. The number of aryl methyl sites for hydroxylation is 1. The molecule has 0 bridgehead atoms. The van der Waals surface area contributed by atoms with Crippen LogP contribution in [0.4, 0.5) is 0 Å². The molecule has 4 rings (SSSR count). The molecule has 0 heterocycles. The molecule has 1 atom stereocenters. The van der Waals surface area contributed by atoms with Crippen molar-refractivity contribution < 1.29 is 9.53 Å². The molecule has 31 heavy (non-hydrogen) atoms. The van der Waals surface area contributed by atoms with Gasteiger partial charge in [0.15, 0.2) is 5.78 Å². The van der Waals surface area contributed by atoms with E-state index in [0.29, 0.717) is 22.6 Å². The molecule has 2 N–H and O–H groups in total. The zero-order valence-corrected chi connectivity index (χ0v) is 17.7. The lowest BCUT2D eigenvalue weighted by atomic mass is 9.81. The van der Waals surface area contributed by atoms with Crippen LogP contribution in [-0.4, -0.2) is 5.78 Å². The summed E-state index contributed by atoms with van der Waals surface area (Å²) in [6.07, 6.45) is 0. The first-order valence-electron chi connectivity index (χ1n) is 10.3. The number of carbonyl (C=O) groups excluding carboxylic acids is 1. The second-order valence-corrected chi connectivity index (χ2v) is 7.81. The number of hydrogen-bond donors (Lipinski definition) is 1. The van der Waals surface area contributed by atoms with Gasteiger partial charge >= 0.3 is 0 Å². The van der Waals surface area contributed by atoms with Crippen LogP contribution in [0, 0.1) is 6.92 Å². The molecule has 4 aromatic carbocycles. The van der Waals surface area contributed by atoms with Crippen molar-refractivity contribution in [1.82, 2.24) is 0 Å². The maximum atomic E-state index is 13.4. The Labute approximate surface area is 183 Å². The van der Waals surface area contributed by atoms with Crippen molar-refractivity contribution in [2.24, 2.45) is 5.73 Å². The fourth-order valence-corrected chi connectivity index (χ4v) is 3.89. The van der Waals surface area contributed by atoms with E-state index in [1.165, 1.54) is 0 Å². The monoisotopic (exact) mass is 407 g/mol. The lowest BCUT2D eigenvalue weighted by molar-refractivity contribution is 0.103. The van der Waals surface area contributed by atoms with Crippen LogP contribution >= 0.6 is 0 Å². The lowest BCUT2D eigenvalue weighted by Crippen LogP contribution is -2.35. The van der Waals surface area contributed by atoms with Gasteiger partial charge in [0.2, 0.25) is 0 Å². The minimum atomic E-state index is -0.859. The van der Waals surface area contributed by atoms with Crippen LogP contribution in [-0.2, 0) is 5.54 Å². The third-order valence-electron chi connectivity index (χ3n) is 5.52. The zero-order valence-electron chi connectivity index (χ0n) is 17.7. The van der Waals surface area contributed by atoms with Crippen molar-refractivity contribution in [3.05, 3.63) is 131 Å². The summed E-state index contributed by atoms with van der Waals surface area (Å²) in [5.41, 5.74) is 9.98. The Morgan fingerprint density at radius 3 is 2.00 bits per heavy atom. The quantitative estimate of drug-likeness (QED) is 0.385. The van der Waals surface area contributed by atoms with E-state index in [0.717, 1.165) is 16.7 Å². The Morgan fingerprint density at radius 1 is 0.742 bits per heavy atom. The lowest BCUT2D eigenvalue weighted by Gasteiger charge is -2.30. The Bertz CT molecular complexity index is 1200. The maximum Gasteiger partial charge on any atom is 0.196 e. The SMILES string of the molecule is Cc1ccccc1C(C)(N)c1cccc(C(=O)c2ccccc2)c1Oc1ccccc1. The molecule has 0 saturated carbocycles. The Kier molecular flexibility index (Phi) is 5.70. The average Bonchev–Trinajstić information content (AvgIpc) is 2.80. The summed E-state index contributed by atoms with van der Waals surface area (Å²) >= 11 is 0. The largest absolute Gasteiger partial charge is 0.456 e. The van der Waals surface area contributed by atoms with Crippen LogP contribution in [0.15, 0.2) is 103 Å². The van der Waals surface area contributed by atoms with Gasteiger partial charge < -0.3 is 10.5 Å². The van der Waals surface area contributed by atoms with E-state index in [1.807, 2.05) is 111 Å². The minimum absolute atomic E-state index is 0.103. The highest BCUT2D eigenvalue weighted by Gasteiger charge is 2.31. The smallest absolute Gasteiger partial charge is 0.196 e. The van der Waals surface area contributed by atoms with E-state index in [2.05, 4.69) is 0 Å². The second-order valence-electron chi connectivity index (χ2n) is 7.81. The van der Waals surface area contributed by atoms with Crippen molar-refractivity contribution >= 4 is 5.78 Å². The van der Waals surface area contributed by atoms with E-state index in [1.54, 1.807) is 6.07 Å². The Balaban J connectivity index is 1.91. The highest BCUT2D eigenvalue weighted by atomic mass is 16.5. The Morgan fingerprint density at radius 2 is 1.32 bits per heavy atom. The van der Waals surface area contributed by atoms with Gasteiger partial charge in [-0.1, -0.05) is 84.9 Å². The summed E-state index contributed by atoms with van der Waals surface area (Å²) < 4.78 is 6.33. The molecule has 0 aliphatic carbocycles. The fraction of sp³-hybridized carbons (Fsp3) is 0.107. The molecule has 0 fully saturated rings. The van der Waals surface area contributed by atoms with E-state index in [9.17, 15) is 4.79 Å². The van der Waals surface area contributed by atoms with Crippen molar-refractivity contribution in [3.63, 3.8) is 0 Å². The van der Waals surface area contributed by atoms with Gasteiger partial charge in [0.1, 0.15) is 11.5 Å². The number of carbonyl (C=O) groups is 1. The van der Waals surface area contributed by atoms with E-state index in [4.69, 9.17) is 10.5 Å². The van der Waals surface area contributed by atoms with Crippen molar-refractivity contribution in [2.45, 2.75) is 19.4 Å².